The fourth-order valence-corrected chi connectivity index (χ4v) is 3.33. The van der Waals surface area contributed by atoms with Gasteiger partial charge in [-0.25, -0.2) is 9.97 Å². The van der Waals surface area contributed by atoms with Crippen molar-refractivity contribution >= 4 is 34.0 Å². The molecule has 0 saturated carbocycles. The standard InChI is InChI=1S/C19H16N4O2S/c1-23-9-8-16-18(23)20-12-21-19(16)25-14-6-4-13(5-7-14)22-17(24)11-15-3-2-10-26-15/h2-10,12H,11H2,1H3,(H,22,24). The van der Waals surface area contributed by atoms with E-state index in [1.807, 2.05) is 53.5 Å². The average molecular weight is 364 g/mol. The highest BCUT2D eigenvalue weighted by Gasteiger charge is 2.09. The molecule has 26 heavy (non-hydrogen) atoms. The molecule has 1 aromatic carbocycles. The number of amides is 1. The minimum atomic E-state index is -0.0390. The van der Waals surface area contributed by atoms with E-state index in [4.69, 9.17) is 4.74 Å². The van der Waals surface area contributed by atoms with Crippen LogP contribution in [-0.2, 0) is 18.3 Å². The molecule has 0 atom stereocenters. The van der Waals surface area contributed by atoms with Crippen LogP contribution in [0.4, 0.5) is 5.69 Å². The van der Waals surface area contributed by atoms with Crippen molar-refractivity contribution < 1.29 is 9.53 Å². The van der Waals surface area contributed by atoms with Crippen molar-refractivity contribution in [3.8, 4) is 11.6 Å². The van der Waals surface area contributed by atoms with E-state index in [0.717, 1.165) is 21.6 Å². The van der Waals surface area contributed by atoms with Crippen molar-refractivity contribution in [3.05, 3.63) is 65.2 Å². The molecule has 4 aromatic rings. The number of fused-ring (bicyclic) bond motifs is 1. The van der Waals surface area contributed by atoms with Gasteiger partial charge in [0.15, 0.2) is 0 Å². The van der Waals surface area contributed by atoms with Gasteiger partial charge in [0.1, 0.15) is 17.7 Å². The Labute approximate surface area is 154 Å². The number of nitrogens with zero attached hydrogens (tertiary/aromatic N) is 3. The van der Waals surface area contributed by atoms with E-state index < -0.39 is 0 Å². The molecular weight excluding hydrogens is 348 g/mol. The van der Waals surface area contributed by atoms with Crippen LogP contribution in [-0.4, -0.2) is 20.4 Å². The highest BCUT2D eigenvalue weighted by Crippen LogP contribution is 2.27. The molecule has 7 heteroatoms. The van der Waals surface area contributed by atoms with Crippen molar-refractivity contribution in [2.24, 2.45) is 7.05 Å². The number of carbonyl (C=O) groups excluding carboxylic acids is 1. The monoisotopic (exact) mass is 364 g/mol. The molecule has 0 aliphatic rings. The second-order valence-corrected chi connectivity index (χ2v) is 6.81. The second kappa shape index (κ2) is 6.97. The zero-order valence-corrected chi connectivity index (χ0v) is 14.9. The Morgan fingerprint density at radius 2 is 2.04 bits per heavy atom. The summed E-state index contributed by atoms with van der Waals surface area (Å²) in [6, 6.07) is 13.0. The fraction of sp³-hybridized carbons (Fsp3) is 0.105. The minimum Gasteiger partial charge on any atom is -0.438 e. The number of thiophene rings is 1. The SMILES string of the molecule is Cn1ccc2c(Oc3ccc(NC(=O)Cc4cccs4)cc3)ncnc21. The van der Waals surface area contributed by atoms with Gasteiger partial charge in [0.05, 0.1) is 11.8 Å². The van der Waals surface area contributed by atoms with Crippen molar-refractivity contribution in [1.82, 2.24) is 14.5 Å². The van der Waals surface area contributed by atoms with Gasteiger partial charge in [0, 0.05) is 23.8 Å². The van der Waals surface area contributed by atoms with Gasteiger partial charge in [0.25, 0.3) is 0 Å². The molecule has 0 radical (unpaired) electrons. The summed E-state index contributed by atoms with van der Waals surface area (Å²) in [5, 5.41) is 5.70. The lowest BCUT2D eigenvalue weighted by Gasteiger charge is -2.08. The maximum absolute atomic E-state index is 12.0. The predicted octanol–water partition coefficient (Wildman–Crippen LogP) is 4.00. The molecule has 130 valence electrons. The Morgan fingerprint density at radius 3 is 2.81 bits per heavy atom. The Hall–Kier alpha value is -3.19. The van der Waals surface area contributed by atoms with Gasteiger partial charge in [-0.3, -0.25) is 4.79 Å². The van der Waals surface area contributed by atoms with Crippen LogP contribution in [0.3, 0.4) is 0 Å². The molecule has 3 aromatic heterocycles. The summed E-state index contributed by atoms with van der Waals surface area (Å²) in [6.07, 6.45) is 3.78. The lowest BCUT2D eigenvalue weighted by atomic mass is 10.2. The number of ether oxygens (including phenoxy) is 1. The van der Waals surface area contributed by atoms with Crippen LogP contribution in [0.15, 0.2) is 60.4 Å². The maximum atomic E-state index is 12.0. The van der Waals surface area contributed by atoms with Crippen LogP contribution < -0.4 is 10.1 Å². The van der Waals surface area contributed by atoms with Gasteiger partial charge in [-0.05, 0) is 41.8 Å². The lowest BCUT2D eigenvalue weighted by Crippen LogP contribution is -2.13. The number of aryl methyl sites for hydroxylation is 1. The van der Waals surface area contributed by atoms with Crippen LogP contribution >= 0.6 is 11.3 Å². The molecule has 0 fully saturated rings. The number of hydrogen-bond acceptors (Lipinski definition) is 5. The fourth-order valence-electron chi connectivity index (χ4n) is 2.63. The first kappa shape index (κ1) is 16.3. The number of carbonyl (C=O) groups is 1. The molecule has 0 aliphatic heterocycles. The summed E-state index contributed by atoms with van der Waals surface area (Å²) in [5.74, 6) is 1.11. The third-order valence-electron chi connectivity index (χ3n) is 3.89. The Morgan fingerprint density at radius 1 is 1.19 bits per heavy atom. The molecule has 6 nitrogen and oxygen atoms in total. The summed E-state index contributed by atoms with van der Waals surface area (Å²) < 4.78 is 7.79. The summed E-state index contributed by atoms with van der Waals surface area (Å²) in [7, 11) is 1.92. The molecule has 0 bridgehead atoms. The first-order chi connectivity index (χ1) is 12.7. The van der Waals surface area contributed by atoms with E-state index in [-0.39, 0.29) is 5.91 Å². The zero-order valence-electron chi connectivity index (χ0n) is 14.0. The molecule has 4 rings (SSSR count). The lowest BCUT2D eigenvalue weighted by molar-refractivity contribution is -0.115. The molecule has 0 saturated heterocycles. The summed E-state index contributed by atoms with van der Waals surface area (Å²) in [5.41, 5.74) is 1.54. The number of benzene rings is 1. The van der Waals surface area contributed by atoms with Gasteiger partial charge in [-0.1, -0.05) is 6.07 Å². The van der Waals surface area contributed by atoms with Crippen LogP contribution in [0.25, 0.3) is 11.0 Å². The molecule has 0 unspecified atom stereocenters. The van der Waals surface area contributed by atoms with E-state index in [1.165, 1.54) is 6.33 Å². The minimum absolute atomic E-state index is 0.0390. The summed E-state index contributed by atoms with van der Waals surface area (Å²) >= 11 is 1.57. The molecule has 3 heterocycles. The number of rotatable bonds is 5. The van der Waals surface area contributed by atoms with E-state index in [0.29, 0.717) is 18.1 Å². The number of nitrogens with one attached hydrogen (secondary N) is 1. The first-order valence-electron chi connectivity index (χ1n) is 8.05. The maximum Gasteiger partial charge on any atom is 0.231 e. The van der Waals surface area contributed by atoms with E-state index in [1.54, 1.807) is 23.5 Å². The van der Waals surface area contributed by atoms with Crippen molar-refractivity contribution in [1.29, 1.82) is 0 Å². The van der Waals surface area contributed by atoms with Gasteiger partial charge in [0.2, 0.25) is 11.8 Å². The van der Waals surface area contributed by atoms with Crippen LogP contribution in [0, 0.1) is 0 Å². The van der Waals surface area contributed by atoms with Crippen molar-refractivity contribution in [2.45, 2.75) is 6.42 Å². The zero-order chi connectivity index (χ0) is 17.9. The number of hydrogen-bond donors (Lipinski definition) is 1. The Balaban J connectivity index is 1.45. The van der Waals surface area contributed by atoms with E-state index in [9.17, 15) is 4.79 Å². The number of anilines is 1. The Bertz CT molecular complexity index is 1040. The molecule has 1 amide bonds. The van der Waals surface area contributed by atoms with Gasteiger partial charge in [-0.2, -0.15) is 0 Å². The second-order valence-electron chi connectivity index (χ2n) is 5.77. The van der Waals surface area contributed by atoms with Gasteiger partial charge >= 0.3 is 0 Å². The first-order valence-corrected chi connectivity index (χ1v) is 8.93. The van der Waals surface area contributed by atoms with Crippen LogP contribution in [0.5, 0.6) is 11.6 Å². The molecule has 0 spiro atoms. The molecule has 0 aliphatic carbocycles. The van der Waals surface area contributed by atoms with Crippen LogP contribution in [0.2, 0.25) is 0 Å². The highest BCUT2D eigenvalue weighted by molar-refractivity contribution is 7.10. The van der Waals surface area contributed by atoms with E-state index >= 15 is 0 Å². The largest absolute Gasteiger partial charge is 0.438 e. The third kappa shape index (κ3) is 3.43. The normalized spacial score (nSPS) is 10.8. The van der Waals surface area contributed by atoms with Crippen LogP contribution in [0.1, 0.15) is 4.88 Å². The summed E-state index contributed by atoms with van der Waals surface area (Å²) in [4.78, 5) is 21.5. The van der Waals surface area contributed by atoms with Crippen molar-refractivity contribution in [2.75, 3.05) is 5.32 Å². The van der Waals surface area contributed by atoms with E-state index in [2.05, 4.69) is 15.3 Å². The Kier molecular flexibility index (Phi) is 4.37. The molecule has 1 N–H and O–H groups in total. The van der Waals surface area contributed by atoms with Gasteiger partial charge < -0.3 is 14.6 Å². The third-order valence-corrected chi connectivity index (χ3v) is 4.77. The summed E-state index contributed by atoms with van der Waals surface area (Å²) in [6.45, 7) is 0. The smallest absolute Gasteiger partial charge is 0.231 e. The quantitative estimate of drug-likeness (QED) is 0.581. The van der Waals surface area contributed by atoms with Crippen molar-refractivity contribution in [3.63, 3.8) is 0 Å². The van der Waals surface area contributed by atoms with Gasteiger partial charge in [-0.15, -0.1) is 11.3 Å². The molecular formula is C19H16N4O2S. The predicted molar refractivity (Wildman–Crippen MR) is 102 cm³/mol. The topological polar surface area (TPSA) is 69.0 Å². The highest BCUT2D eigenvalue weighted by atomic mass is 32.1. The average Bonchev–Trinajstić information content (AvgIpc) is 3.27. The number of aromatic nitrogens is 3.